The van der Waals surface area contributed by atoms with Crippen molar-refractivity contribution in [1.29, 1.82) is 5.26 Å². The highest BCUT2D eigenvalue weighted by molar-refractivity contribution is 7.16. The van der Waals surface area contributed by atoms with E-state index in [-0.39, 0.29) is 12.0 Å². The monoisotopic (exact) mass is 407 g/mol. The molecule has 3 heterocycles. The van der Waals surface area contributed by atoms with Crippen molar-refractivity contribution in [3.05, 3.63) is 70.8 Å². The van der Waals surface area contributed by atoms with E-state index in [0.717, 1.165) is 16.0 Å². The zero-order chi connectivity index (χ0) is 20.2. The van der Waals surface area contributed by atoms with Crippen LogP contribution in [0.1, 0.15) is 28.0 Å². The summed E-state index contributed by atoms with van der Waals surface area (Å²) in [6.45, 7) is 0. The number of rotatable bonds is 4. The zero-order valence-electron chi connectivity index (χ0n) is 15.3. The van der Waals surface area contributed by atoms with Gasteiger partial charge in [0.1, 0.15) is 17.2 Å². The fraction of sp³-hybridized carbons (Fsp3) is 0.190. The highest BCUT2D eigenvalue weighted by Crippen LogP contribution is 2.38. The Labute approximate surface area is 170 Å². The molecule has 3 aromatic heterocycles. The summed E-state index contributed by atoms with van der Waals surface area (Å²) in [5.74, 6) is -0.322. The molecule has 0 bridgehead atoms. The van der Waals surface area contributed by atoms with Crippen LogP contribution in [-0.4, -0.2) is 22.7 Å². The van der Waals surface area contributed by atoms with Gasteiger partial charge in [-0.05, 0) is 42.7 Å². The number of thiophene rings is 1. The van der Waals surface area contributed by atoms with Crippen molar-refractivity contribution in [2.24, 2.45) is 0 Å². The summed E-state index contributed by atoms with van der Waals surface area (Å²) in [4.78, 5) is 25.3. The lowest BCUT2D eigenvalue weighted by molar-refractivity contribution is -0.111. The summed E-state index contributed by atoms with van der Waals surface area (Å²) >= 11 is 1.36. The Hall–Kier alpha value is -3.57. The molecule has 1 aliphatic carbocycles. The van der Waals surface area contributed by atoms with Crippen molar-refractivity contribution in [3.63, 3.8) is 0 Å². The van der Waals surface area contributed by atoms with Gasteiger partial charge in [0.15, 0.2) is 0 Å². The third-order valence-corrected chi connectivity index (χ3v) is 5.79. The summed E-state index contributed by atoms with van der Waals surface area (Å²) in [5, 5.41) is 12.9. The Kier molecular flexibility index (Phi) is 5.31. The molecule has 1 atom stereocenters. The molecule has 0 spiro atoms. The number of anilines is 1. The number of aromatic nitrogens is 1. The van der Waals surface area contributed by atoms with Gasteiger partial charge in [0.2, 0.25) is 5.91 Å². The van der Waals surface area contributed by atoms with E-state index < -0.39 is 6.09 Å². The van der Waals surface area contributed by atoms with Gasteiger partial charge in [0, 0.05) is 35.3 Å². The second-order valence-corrected chi connectivity index (χ2v) is 7.64. The number of hydrogen-bond donors (Lipinski definition) is 1. The first-order chi connectivity index (χ1) is 14.1. The zero-order valence-corrected chi connectivity index (χ0v) is 16.1. The largest absolute Gasteiger partial charge is 0.472 e. The fourth-order valence-corrected chi connectivity index (χ4v) is 4.48. The third kappa shape index (κ3) is 4.15. The maximum absolute atomic E-state index is 12.2. The Morgan fingerprint density at radius 2 is 2.21 bits per heavy atom. The fourth-order valence-electron chi connectivity index (χ4n) is 3.22. The molecule has 0 fully saturated rings. The second-order valence-electron chi connectivity index (χ2n) is 6.54. The van der Waals surface area contributed by atoms with Gasteiger partial charge in [-0.15, -0.1) is 11.3 Å². The van der Waals surface area contributed by atoms with Gasteiger partial charge in [0.25, 0.3) is 0 Å². The quantitative estimate of drug-likeness (QED) is 0.654. The number of nitriles is 1. The van der Waals surface area contributed by atoms with Gasteiger partial charge >= 0.3 is 6.09 Å². The molecule has 8 heteroatoms. The molecule has 1 amide bonds. The molecular formula is C21H17N3O4S. The molecule has 7 nitrogen and oxygen atoms in total. The average molecular weight is 407 g/mol. The van der Waals surface area contributed by atoms with E-state index in [4.69, 9.17) is 9.15 Å². The number of furan rings is 1. The molecule has 4 rings (SSSR count). The molecule has 0 aromatic carbocycles. The molecule has 29 heavy (non-hydrogen) atoms. The molecule has 0 aliphatic heterocycles. The van der Waals surface area contributed by atoms with Gasteiger partial charge in [0.05, 0.1) is 18.1 Å². The Balaban J connectivity index is 1.45. The van der Waals surface area contributed by atoms with Crippen molar-refractivity contribution in [2.45, 2.75) is 25.4 Å². The molecular weight excluding hydrogens is 390 g/mol. The van der Waals surface area contributed by atoms with Crippen LogP contribution in [0.4, 0.5) is 9.80 Å². The van der Waals surface area contributed by atoms with Crippen LogP contribution >= 0.6 is 11.3 Å². The molecule has 1 N–H and O–H groups in total. The van der Waals surface area contributed by atoms with E-state index in [9.17, 15) is 14.9 Å². The van der Waals surface area contributed by atoms with Crippen molar-refractivity contribution >= 4 is 34.4 Å². The Morgan fingerprint density at radius 3 is 2.93 bits per heavy atom. The number of carbonyl (C=O) groups excluding carboxylic acids is 2. The highest BCUT2D eigenvalue weighted by Gasteiger charge is 2.28. The van der Waals surface area contributed by atoms with E-state index in [1.54, 1.807) is 36.7 Å². The number of fused-ring (bicyclic) bond motifs is 1. The van der Waals surface area contributed by atoms with Crippen LogP contribution in [0, 0.1) is 11.3 Å². The lowest BCUT2D eigenvalue weighted by atomic mass is 9.94. The van der Waals surface area contributed by atoms with E-state index in [0.29, 0.717) is 29.8 Å². The normalized spacial score (nSPS) is 15.6. The van der Waals surface area contributed by atoms with Crippen LogP contribution in [0.3, 0.4) is 0 Å². The minimum Gasteiger partial charge on any atom is -0.472 e. The lowest BCUT2D eigenvalue weighted by Gasteiger charge is -2.22. The number of hydrogen-bond acceptors (Lipinski definition) is 6. The predicted octanol–water partition coefficient (Wildman–Crippen LogP) is 4.21. The first-order valence-corrected chi connectivity index (χ1v) is 9.85. The van der Waals surface area contributed by atoms with Crippen LogP contribution in [0.5, 0.6) is 0 Å². The summed E-state index contributed by atoms with van der Waals surface area (Å²) in [5.41, 5.74) is 2.20. The summed E-state index contributed by atoms with van der Waals surface area (Å²) in [6, 6.07) is 7.46. The van der Waals surface area contributed by atoms with Gasteiger partial charge < -0.3 is 14.5 Å². The molecule has 3 aromatic rings. The average Bonchev–Trinajstić information content (AvgIpc) is 3.46. The standard InChI is InChI=1S/C21H17N3O4S/c22-12-17-16-5-4-15(28-21(26)24-8-1-2-9-24)11-18(16)29-20(17)23-19(25)6-3-14-7-10-27-13-14/h1-3,6-10,13,15H,4-5,11H2,(H,23,25). The molecule has 0 saturated heterocycles. The van der Waals surface area contributed by atoms with Crippen LogP contribution in [0.25, 0.3) is 6.08 Å². The minimum atomic E-state index is -0.418. The summed E-state index contributed by atoms with van der Waals surface area (Å²) < 4.78 is 11.9. The van der Waals surface area contributed by atoms with Gasteiger partial charge in [-0.3, -0.25) is 9.36 Å². The predicted molar refractivity (Wildman–Crippen MR) is 108 cm³/mol. The van der Waals surface area contributed by atoms with Crippen molar-refractivity contribution in [2.75, 3.05) is 5.32 Å². The van der Waals surface area contributed by atoms with Gasteiger partial charge in [-0.25, -0.2) is 4.79 Å². The number of ether oxygens (including phenoxy) is 1. The van der Waals surface area contributed by atoms with Crippen molar-refractivity contribution in [3.8, 4) is 6.07 Å². The number of amides is 1. The van der Waals surface area contributed by atoms with E-state index >= 15 is 0 Å². The second kappa shape index (κ2) is 8.20. The summed E-state index contributed by atoms with van der Waals surface area (Å²) in [6.07, 6.45) is 10.5. The number of carbonyl (C=O) groups is 2. The van der Waals surface area contributed by atoms with E-state index in [2.05, 4.69) is 11.4 Å². The maximum Gasteiger partial charge on any atom is 0.418 e. The van der Waals surface area contributed by atoms with Crippen LogP contribution in [-0.2, 0) is 22.4 Å². The van der Waals surface area contributed by atoms with E-state index in [1.807, 2.05) is 0 Å². The third-order valence-electron chi connectivity index (χ3n) is 4.62. The first-order valence-electron chi connectivity index (χ1n) is 9.04. The van der Waals surface area contributed by atoms with Crippen molar-refractivity contribution < 1.29 is 18.7 Å². The van der Waals surface area contributed by atoms with Crippen LogP contribution in [0.15, 0.2) is 53.6 Å². The minimum absolute atomic E-state index is 0.257. The molecule has 0 saturated carbocycles. The topological polar surface area (TPSA) is 97.3 Å². The maximum atomic E-state index is 12.2. The van der Waals surface area contributed by atoms with Gasteiger partial charge in [-0.1, -0.05) is 0 Å². The molecule has 1 aliphatic rings. The Bertz CT molecular complexity index is 1090. The SMILES string of the molecule is N#Cc1c(NC(=O)C=Cc2ccoc2)sc2c1CCC(OC(=O)n1cccc1)C2. The lowest BCUT2D eigenvalue weighted by Crippen LogP contribution is -2.26. The summed E-state index contributed by atoms with van der Waals surface area (Å²) in [7, 11) is 0. The van der Waals surface area contributed by atoms with Crippen LogP contribution in [0.2, 0.25) is 0 Å². The Morgan fingerprint density at radius 1 is 1.38 bits per heavy atom. The molecule has 146 valence electrons. The number of nitrogens with one attached hydrogen (secondary N) is 1. The number of nitrogens with zero attached hydrogens (tertiary/aromatic N) is 2. The van der Waals surface area contributed by atoms with Crippen molar-refractivity contribution in [1.82, 2.24) is 4.57 Å². The van der Waals surface area contributed by atoms with E-state index in [1.165, 1.54) is 34.5 Å². The highest BCUT2D eigenvalue weighted by atomic mass is 32.1. The van der Waals surface area contributed by atoms with Gasteiger partial charge in [-0.2, -0.15) is 5.26 Å². The first kappa shape index (κ1) is 18.8. The molecule has 0 radical (unpaired) electrons. The molecule has 1 unspecified atom stereocenters. The smallest absolute Gasteiger partial charge is 0.418 e. The van der Waals surface area contributed by atoms with Crippen LogP contribution < -0.4 is 5.32 Å².